The van der Waals surface area contributed by atoms with E-state index < -0.39 is 23.4 Å². The Labute approximate surface area is 254 Å². The molecule has 0 bridgehead atoms. The zero-order valence-electron chi connectivity index (χ0n) is 23.1. The van der Waals surface area contributed by atoms with Crippen molar-refractivity contribution in [2.45, 2.75) is 17.5 Å². The van der Waals surface area contributed by atoms with Gasteiger partial charge in [0.15, 0.2) is 11.6 Å². The molecule has 1 N–H and O–H groups in total. The number of para-hydroxylation sites is 1. The smallest absolute Gasteiger partial charge is 0.238 e. The predicted molar refractivity (Wildman–Crippen MR) is 166 cm³/mol. The van der Waals surface area contributed by atoms with Crippen LogP contribution in [0.25, 0.3) is 6.08 Å². The highest BCUT2D eigenvalue weighted by Gasteiger charge is 2.70. The van der Waals surface area contributed by atoms with Crippen LogP contribution in [-0.2, 0) is 10.2 Å². The predicted octanol–water partition coefficient (Wildman–Crippen LogP) is 6.89. The van der Waals surface area contributed by atoms with Gasteiger partial charge in [-0.2, -0.15) is 0 Å². The number of hydrogen-bond donors (Lipinski definition) is 1. The minimum Gasteiger partial charge on any atom is -0.490 e. The maximum atomic E-state index is 14.9. The van der Waals surface area contributed by atoms with Crippen LogP contribution in [0.2, 0.25) is 5.02 Å². The third-order valence-corrected chi connectivity index (χ3v) is 9.01. The van der Waals surface area contributed by atoms with Crippen LogP contribution in [0, 0.1) is 5.92 Å². The number of anilines is 1. The SMILES string of the molecule is C=CCOc1ccc(C(=O)[C@@H]2[C@H](C(=O)c3ccc(Cl)cc3)N3C=Cc4ccccc4[C@@H]3[C@]23C(=O)Nc2ccccc23)cc1. The van der Waals surface area contributed by atoms with Crippen LogP contribution in [-0.4, -0.2) is 35.0 Å². The molecule has 0 unspecified atom stereocenters. The second-order valence-corrected chi connectivity index (χ2v) is 11.4. The number of rotatable bonds is 7. The molecule has 6 nitrogen and oxygen atoms in total. The van der Waals surface area contributed by atoms with E-state index in [0.717, 1.165) is 11.1 Å². The van der Waals surface area contributed by atoms with Gasteiger partial charge in [-0.25, -0.2) is 0 Å². The summed E-state index contributed by atoms with van der Waals surface area (Å²) in [7, 11) is 0. The Balaban J connectivity index is 1.47. The zero-order chi connectivity index (χ0) is 29.7. The Bertz CT molecular complexity index is 1810. The summed E-state index contributed by atoms with van der Waals surface area (Å²) in [5.41, 5.74) is 2.58. The van der Waals surface area contributed by atoms with Crippen molar-refractivity contribution in [3.63, 3.8) is 0 Å². The lowest BCUT2D eigenvalue weighted by Gasteiger charge is -2.38. The van der Waals surface area contributed by atoms with E-state index in [1.807, 2.05) is 65.7 Å². The van der Waals surface area contributed by atoms with Gasteiger partial charge < -0.3 is 15.0 Å². The van der Waals surface area contributed by atoms with E-state index >= 15 is 0 Å². The fourth-order valence-corrected chi connectivity index (χ4v) is 7.13. The highest BCUT2D eigenvalue weighted by atomic mass is 35.5. The third kappa shape index (κ3) is 4.05. The van der Waals surface area contributed by atoms with Gasteiger partial charge >= 0.3 is 0 Å². The van der Waals surface area contributed by atoms with E-state index in [0.29, 0.717) is 39.8 Å². The average Bonchev–Trinajstić information content (AvgIpc) is 3.52. The van der Waals surface area contributed by atoms with Gasteiger partial charge in [-0.05, 0) is 77.4 Å². The molecule has 0 saturated carbocycles. The highest BCUT2D eigenvalue weighted by Crippen LogP contribution is 2.62. The number of amides is 1. The number of fused-ring (bicyclic) bond motifs is 6. The van der Waals surface area contributed by atoms with E-state index in [1.165, 1.54) is 0 Å². The molecule has 43 heavy (non-hydrogen) atoms. The summed E-state index contributed by atoms with van der Waals surface area (Å²) in [6.07, 6.45) is 5.45. The van der Waals surface area contributed by atoms with Crippen LogP contribution >= 0.6 is 11.6 Å². The molecular formula is C36H27ClN2O4. The second kappa shape index (κ2) is 10.4. The minimum absolute atomic E-state index is 0.260. The van der Waals surface area contributed by atoms with Gasteiger partial charge in [0.2, 0.25) is 5.91 Å². The number of ether oxygens (including phenoxy) is 1. The molecule has 1 saturated heterocycles. The molecule has 1 fully saturated rings. The van der Waals surface area contributed by atoms with E-state index in [1.54, 1.807) is 54.6 Å². The summed E-state index contributed by atoms with van der Waals surface area (Å²) in [6, 6.07) is 27.2. The van der Waals surface area contributed by atoms with Gasteiger partial charge in [-0.1, -0.05) is 66.7 Å². The molecule has 1 spiro atoms. The number of hydrogen-bond acceptors (Lipinski definition) is 5. The van der Waals surface area contributed by atoms with Crippen LogP contribution < -0.4 is 10.1 Å². The van der Waals surface area contributed by atoms with Crippen LogP contribution in [0.1, 0.15) is 43.4 Å². The number of Topliss-reactive ketones (excluding diaryl/α,β-unsaturated/α-hetero) is 2. The topological polar surface area (TPSA) is 75.7 Å². The Kier molecular flexibility index (Phi) is 6.51. The Morgan fingerprint density at radius 1 is 0.907 bits per heavy atom. The molecule has 0 aliphatic carbocycles. The van der Waals surface area contributed by atoms with Gasteiger partial charge in [0, 0.05) is 28.0 Å². The third-order valence-electron chi connectivity index (χ3n) is 8.76. The molecule has 3 aliphatic heterocycles. The summed E-state index contributed by atoms with van der Waals surface area (Å²) in [5, 5.41) is 3.57. The van der Waals surface area contributed by atoms with Crippen molar-refractivity contribution in [1.29, 1.82) is 0 Å². The average molecular weight is 587 g/mol. The molecule has 7 rings (SSSR count). The van der Waals surface area contributed by atoms with Crippen molar-refractivity contribution < 1.29 is 19.1 Å². The number of halogens is 1. The molecule has 7 heteroatoms. The highest BCUT2D eigenvalue weighted by molar-refractivity contribution is 6.30. The van der Waals surface area contributed by atoms with Gasteiger partial charge in [-0.15, -0.1) is 0 Å². The number of nitrogens with one attached hydrogen (secondary N) is 1. The molecule has 1 amide bonds. The first-order valence-corrected chi connectivity index (χ1v) is 14.5. The molecule has 3 aliphatic rings. The summed E-state index contributed by atoms with van der Waals surface area (Å²) in [5.74, 6) is -1.33. The van der Waals surface area contributed by atoms with Crippen molar-refractivity contribution in [2.75, 3.05) is 11.9 Å². The van der Waals surface area contributed by atoms with Crippen LogP contribution in [0.15, 0.2) is 116 Å². The fraction of sp³-hybridized carbons (Fsp3) is 0.139. The lowest BCUT2D eigenvalue weighted by atomic mass is 9.62. The van der Waals surface area contributed by atoms with E-state index in [9.17, 15) is 14.4 Å². The first-order valence-electron chi connectivity index (χ1n) is 14.1. The minimum atomic E-state index is -1.39. The van der Waals surface area contributed by atoms with Gasteiger partial charge in [0.1, 0.15) is 23.8 Å². The number of carbonyl (C=O) groups is 3. The Morgan fingerprint density at radius 3 is 2.35 bits per heavy atom. The maximum absolute atomic E-state index is 14.9. The molecule has 0 aromatic heterocycles. The molecule has 3 heterocycles. The van der Waals surface area contributed by atoms with E-state index in [2.05, 4.69) is 11.9 Å². The molecule has 4 atom stereocenters. The van der Waals surface area contributed by atoms with Crippen molar-refractivity contribution in [3.05, 3.63) is 149 Å². The lowest BCUT2D eigenvalue weighted by Crippen LogP contribution is -2.49. The first kappa shape index (κ1) is 26.9. The summed E-state index contributed by atoms with van der Waals surface area (Å²) >= 11 is 6.16. The summed E-state index contributed by atoms with van der Waals surface area (Å²) < 4.78 is 5.64. The van der Waals surface area contributed by atoms with E-state index in [-0.39, 0.29) is 17.5 Å². The lowest BCUT2D eigenvalue weighted by molar-refractivity contribution is -0.122. The first-order chi connectivity index (χ1) is 20.9. The zero-order valence-corrected chi connectivity index (χ0v) is 23.8. The summed E-state index contributed by atoms with van der Waals surface area (Å²) in [4.78, 5) is 45.9. The second-order valence-electron chi connectivity index (χ2n) is 10.9. The van der Waals surface area contributed by atoms with Gasteiger partial charge in [0.25, 0.3) is 0 Å². The van der Waals surface area contributed by atoms with Gasteiger partial charge in [-0.3, -0.25) is 14.4 Å². The quantitative estimate of drug-likeness (QED) is 0.189. The maximum Gasteiger partial charge on any atom is 0.238 e. The Morgan fingerprint density at radius 2 is 1.58 bits per heavy atom. The number of carbonyl (C=O) groups excluding carboxylic acids is 3. The molecule has 4 aromatic rings. The van der Waals surface area contributed by atoms with Crippen molar-refractivity contribution >= 4 is 40.8 Å². The van der Waals surface area contributed by atoms with E-state index in [4.69, 9.17) is 16.3 Å². The number of benzene rings is 4. The largest absolute Gasteiger partial charge is 0.490 e. The van der Waals surface area contributed by atoms with Crippen molar-refractivity contribution in [1.82, 2.24) is 4.90 Å². The number of ketones is 2. The monoisotopic (exact) mass is 586 g/mol. The van der Waals surface area contributed by atoms with Crippen LogP contribution in [0.3, 0.4) is 0 Å². The normalized spacial score (nSPS) is 22.9. The standard InChI is InChI=1S/C36H27ClN2O4/c1-2-21-43-26-17-13-23(14-18-26)32(40)30-31(33(41)24-11-15-25(37)16-12-24)39-20-19-22-7-3-4-8-27(22)34(39)36(30)28-9-5-6-10-29(28)38-35(36)42/h2-20,30-31,34H,1,21H2,(H,38,42)/t30-,31+,34+,36+/m0/s1. The molecule has 0 radical (unpaired) electrons. The molecule has 4 aromatic carbocycles. The molecule has 212 valence electrons. The molecular weight excluding hydrogens is 560 g/mol. The van der Waals surface area contributed by atoms with Crippen molar-refractivity contribution in [3.8, 4) is 5.75 Å². The number of nitrogens with zero attached hydrogens (tertiary/aromatic N) is 1. The Hall–Kier alpha value is -4.94. The van der Waals surface area contributed by atoms with Crippen molar-refractivity contribution in [2.24, 2.45) is 5.92 Å². The fourth-order valence-electron chi connectivity index (χ4n) is 7.00. The summed E-state index contributed by atoms with van der Waals surface area (Å²) in [6.45, 7) is 4.01. The van der Waals surface area contributed by atoms with Crippen LogP contribution in [0.5, 0.6) is 5.75 Å². The van der Waals surface area contributed by atoms with Crippen LogP contribution in [0.4, 0.5) is 5.69 Å². The van der Waals surface area contributed by atoms with Gasteiger partial charge in [0.05, 0.1) is 12.0 Å².